The Morgan fingerprint density at radius 1 is 1.00 bits per heavy atom. The smallest absolute Gasteiger partial charge is 0.280 e. The number of carbonyl (C=O) groups excluding carboxylic acids is 4. The molecule has 0 saturated carbocycles. The molecule has 2 N–H and O–H groups in total. The van der Waals surface area contributed by atoms with E-state index in [2.05, 4.69) is 37.5 Å². The number of likely N-dealkylation sites (N-methyl/N-ethyl adjacent to an activating group) is 1. The number of guanidine groups is 1. The highest BCUT2D eigenvalue weighted by atomic mass is 19.1. The topological polar surface area (TPSA) is 154 Å². The molecule has 4 aromatic rings. The number of aryl methyl sites for hydroxylation is 2. The minimum absolute atomic E-state index is 0.0408. The van der Waals surface area contributed by atoms with Crippen molar-refractivity contribution in [3.05, 3.63) is 88.2 Å². The number of halogens is 2. The van der Waals surface area contributed by atoms with Gasteiger partial charge in [-0.05, 0) is 112 Å². The number of piperidine rings is 2. The van der Waals surface area contributed by atoms with Gasteiger partial charge in [0, 0.05) is 62.5 Å². The van der Waals surface area contributed by atoms with Crippen LogP contribution in [0.4, 0.5) is 20.2 Å². The second-order valence-corrected chi connectivity index (χ2v) is 16.4. The number of hydrogen-bond acceptors (Lipinski definition) is 10. The summed E-state index contributed by atoms with van der Waals surface area (Å²) in [5.41, 5.74) is 4.61. The number of hydrogen-bond donors (Lipinski definition) is 2. The molecule has 4 amide bonds. The summed E-state index contributed by atoms with van der Waals surface area (Å²) in [6, 6.07) is 11.6. The largest absolute Gasteiger partial charge is 0.477 e. The molecule has 4 aliphatic rings. The first kappa shape index (κ1) is 40.7. The Labute approximate surface area is 347 Å². The first-order valence-corrected chi connectivity index (χ1v) is 20.6. The molecular weight excluding hydrogens is 773 g/mol. The van der Waals surface area contributed by atoms with Crippen LogP contribution in [0.2, 0.25) is 0 Å². The molecule has 0 spiro atoms. The van der Waals surface area contributed by atoms with Crippen LogP contribution in [0, 0.1) is 24.5 Å². The van der Waals surface area contributed by atoms with Gasteiger partial charge in [0.1, 0.15) is 11.6 Å². The van der Waals surface area contributed by atoms with Gasteiger partial charge < -0.3 is 24.8 Å². The van der Waals surface area contributed by atoms with Crippen molar-refractivity contribution in [3.63, 3.8) is 0 Å². The van der Waals surface area contributed by atoms with Crippen molar-refractivity contribution in [2.75, 3.05) is 56.6 Å². The van der Waals surface area contributed by atoms with E-state index in [0.717, 1.165) is 24.2 Å². The number of imide groups is 1. The van der Waals surface area contributed by atoms with E-state index in [-0.39, 0.29) is 36.1 Å². The predicted molar refractivity (Wildman–Crippen MR) is 221 cm³/mol. The lowest BCUT2D eigenvalue weighted by Crippen LogP contribution is -2.40. The predicted octanol–water partition coefficient (Wildman–Crippen LogP) is 5.78. The average Bonchev–Trinajstić information content (AvgIpc) is 3.76. The van der Waals surface area contributed by atoms with E-state index in [9.17, 15) is 19.2 Å². The standard InChI is InChI=1S/C44H49F2N9O5/c1-25-6-5-17-60-43-32(23-47-53(43)4)36-21-30(18-26(2)48-36)40(57)51-44-49-35-9-7-28(22-37(35)55(44)24-25)42(59)52(3)15-16-54-13-11-27(12-14-54)29-19-33(45)39(34(46)20-29)31-8-10-38(56)50-41(31)58/h7,9,18-23,25,27,31H,5-6,8,10-17,24H2,1-4H3,(H,49,51,57)(H,50,56,58)/t25-,31-/m1/s1. The van der Waals surface area contributed by atoms with Crippen LogP contribution in [0.25, 0.3) is 11.3 Å². The fraction of sp³-hybridized carbons (Fsp3) is 0.432. The summed E-state index contributed by atoms with van der Waals surface area (Å²) in [5, 5.41) is 9.88. The van der Waals surface area contributed by atoms with E-state index in [1.54, 1.807) is 41.0 Å². The molecular formula is C44H49F2N9O5. The molecule has 2 bridgehead atoms. The van der Waals surface area contributed by atoms with E-state index in [0.29, 0.717) is 97.7 Å². The molecule has 0 aliphatic carbocycles. The second kappa shape index (κ2) is 16.9. The normalized spacial score (nSPS) is 21.0. The number of pyridine rings is 1. The molecule has 16 heteroatoms. The maximum Gasteiger partial charge on any atom is 0.280 e. The second-order valence-electron chi connectivity index (χ2n) is 16.4. The summed E-state index contributed by atoms with van der Waals surface area (Å²) in [6.45, 7) is 7.49. The van der Waals surface area contributed by atoms with Crippen LogP contribution in [0.5, 0.6) is 5.88 Å². The number of anilines is 2. The lowest BCUT2D eigenvalue weighted by atomic mass is 9.85. The fourth-order valence-electron chi connectivity index (χ4n) is 8.68. The Kier molecular flexibility index (Phi) is 11.5. The van der Waals surface area contributed by atoms with Gasteiger partial charge >= 0.3 is 0 Å². The highest BCUT2D eigenvalue weighted by Gasteiger charge is 2.34. The van der Waals surface area contributed by atoms with Crippen molar-refractivity contribution < 1.29 is 32.7 Å². The number of ether oxygens (including phenoxy) is 1. The van der Waals surface area contributed by atoms with Gasteiger partial charge in [-0.25, -0.2) is 13.5 Å². The zero-order valence-corrected chi connectivity index (χ0v) is 34.3. The Balaban J connectivity index is 0.921. The van der Waals surface area contributed by atoms with E-state index >= 15 is 8.78 Å². The number of benzene rings is 2. The molecule has 8 rings (SSSR count). The number of rotatable bonds is 6. The van der Waals surface area contributed by atoms with Crippen LogP contribution in [0.1, 0.15) is 94.8 Å². The van der Waals surface area contributed by atoms with Crippen LogP contribution in [0.3, 0.4) is 0 Å². The molecule has 0 radical (unpaired) electrons. The zero-order valence-electron chi connectivity index (χ0n) is 34.3. The Bertz CT molecular complexity index is 2370. The molecule has 14 nitrogen and oxygen atoms in total. The monoisotopic (exact) mass is 821 g/mol. The van der Waals surface area contributed by atoms with Crippen molar-refractivity contribution in [3.8, 4) is 17.1 Å². The van der Waals surface area contributed by atoms with Crippen LogP contribution < -0.4 is 20.3 Å². The van der Waals surface area contributed by atoms with Gasteiger partial charge in [-0.2, -0.15) is 10.1 Å². The number of fused-ring (bicyclic) bond motifs is 7. The molecule has 2 saturated heterocycles. The quantitative estimate of drug-likeness (QED) is 0.229. The first-order valence-electron chi connectivity index (χ1n) is 20.6. The molecule has 2 aromatic heterocycles. The van der Waals surface area contributed by atoms with E-state index < -0.39 is 35.3 Å². The highest BCUT2D eigenvalue weighted by Crippen LogP contribution is 2.37. The number of nitrogens with one attached hydrogen (secondary N) is 2. The van der Waals surface area contributed by atoms with Gasteiger partial charge in [0.15, 0.2) is 0 Å². The Morgan fingerprint density at radius 2 is 1.77 bits per heavy atom. The van der Waals surface area contributed by atoms with Gasteiger partial charge in [0.2, 0.25) is 23.7 Å². The molecule has 4 aliphatic heterocycles. The molecule has 2 atom stereocenters. The van der Waals surface area contributed by atoms with E-state index in [1.807, 2.05) is 31.0 Å². The van der Waals surface area contributed by atoms with Crippen molar-refractivity contribution in [2.45, 2.75) is 64.2 Å². The van der Waals surface area contributed by atoms with E-state index in [4.69, 9.17) is 4.74 Å². The summed E-state index contributed by atoms with van der Waals surface area (Å²) in [5.74, 6) is -3.12. The lowest BCUT2D eigenvalue weighted by Gasteiger charge is -2.33. The van der Waals surface area contributed by atoms with Crippen molar-refractivity contribution in [1.82, 2.24) is 29.9 Å². The average molecular weight is 822 g/mol. The number of carbonyl (C=O) groups is 4. The van der Waals surface area contributed by atoms with Crippen LogP contribution in [-0.2, 0) is 16.6 Å². The maximum atomic E-state index is 15.2. The molecule has 60 heavy (non-hydrogen) atoms. The Hall–Kier alpha value is -6.03. The number of amides is 4. The van der Waals surface area contributed by atoms with Crippen LogP contribution in [0.15, 0.2) is 53.7 Å². The van der Waals surface area contributed by atoms with Gasteiger partial charge in [0.25, 0.3) is 11.8 Å². The molecule has 314 valence electrons. The number of likely N-dealkylation sites (tertiary alicyclic amines) is 1. The molecule has 2 fully saturated rings. The molecule has 0 unspecified atom stereocenters. The van der Waals surface area contributed by atoms with Crippen molar-refractivity contribution in [1.29, 1.82) is 0 Å². The van der Waals surface area contributed by atoms with Crippen molar-refractivity contribution in [2.24, 2.45) is 18.0 Å². The summed E-state index contributed by atoms with van der Waals surface area (Å²) in [4.78, 5) is 66.6. The number of aliphatic imine (C=N–C) groups is 1. The third kappa shape index (κ3) is 8.37. The fourth-order valence-corrected chi connectivity index (χ4v) is 8.68. The SMILES string of the molecule is Cc1cc2cc(n1)-c1cnn(C)c1OCCC[C@@H](C)CN1/C(=N/C2=O)Nc2ccc(C(=O)N(C)CCN3CCC(c4cc(F)c([C@H]5CCC(=O)NC5=O)c(F)c4)CC3)cc21. The van der Waals surface area contributed by atoms with Gasteiger partial charge in [-0.15, -0.1) is 0 Å². The lowest BCUT2D eigenvalue weighted by molar-refractivity contribution is -0.134. The summed E-state index contributed by atoms with van der Waals surface area (Å²) >= 11 is 0. The first-order chi connectivity index (χ1) is 28.8. The van der Waals surface area contributed by atoms with Gasteiger partial charge in [-0.3, -0.25) is 29.5 Å². The number of aromatic nitrogens is 3. The minimum Gasteiger partial charge on any atom is -0.477 e. The van der Waals surface area contributed by atoms with Gasteiger partial charge in [-0.1, -0.05) is 6.92 Å². The number of nitrogens with zero attached hydrogens (tertiary/aromatic N) is 7. The Morgan fingerprint density at radius 3 is 2.52 bits per heavy atom. The molecule has 6 heterocycles. The zero-order chi connectivity index (χ0) is 42.2. The summed E-state index contributed by atoms with van der Waals surface area (Å²) in [7, 11) is 3.59. The maximum absolute atomic E-state index is 15.2. The third-order valence-corrected chi connectivity index (χ3v) is 12.0. The van der Waals surface area contributed by atoms with Crippen LogP contribution >= 0.6 is 0 Å². The summed E-state index contributed by atoms with van der Waals surface area (Å²) in [6.07, 6.45) is 4.81. The molecule has 2 aromatic carbocycles. The summed E-state index contributed by atoms with van der Waals surface area (Å²) < 4.78 is 38.4. The third-order valence-electron chi connectivity index (χ3n) is 12.0. The van der Waals surface area contributed by atoms with Crippen LogP contribution in [-0.4, -0.2) is 101 Å². The van der Waals surface area contributed by atoms with Gasteiger partial charge in [0.05, 0.1) is 41.4 Å². The van der Waals surface area contributed by atoms with E-state index in [1.165, 1.54) is 12.1 Å². The minimum atomic E-state index is -1.03. The van der Waals surface area contributed by atoms with Crippen molar-refractivity contribution >= 4 is 41.0 Å². The highest BCUT2D eigenvalue weighted by molar-refractivity contribution is 6.19.